The molecule has 0 heterocycles. The molecule has 96 valence electrons. The van der Waals surface area contributed by atoms with E-state index >= 15 is 0 Å². The molecule has 0 aromatic heterocycles. The number of rotatable bonds is 5. The van der Waals surface area contributed by atoms with Gasteiger partial charge in [-0.2, -0.15) is 8.42 Å². The van der Waals surface area contributed by atoms with Crippen LogP contribution in [0.3, 0.4) is 0 Å². The van der Waals surface area contributed by atoms with Crippen molar-refractivity contribution in [3.8, 4) is 0 Å². The summed E-state index contributed by atoms with van der Waals surface area (Å²) in [6.45, 7) is -0.633. The summed E-state index contributed by atoms with van der Waals surface area (Å²) < 4.78 is 53.3. The highest BCUT2D eigenvalue weighted by molar-refractivity contribution is 7.81. The molecular formula is C8H11NO6S2. The zero-order valence-corrected chi connectivity index (χ0v) is 10.1. The van der Waals surface area contributed by atoms with Crippen LogP contribution in [-0.2, 0) is 25.7 Å². The van der Waals surface area contributed by atoms with Gasteiger partial charge in [-0.25, -0.2) is 8.39 Å². The summed E-state index contributed by atoms with van der Waals surface area (Å²) >= 11 is -2.34. The predicted octanol–water partition coefficient (Wildman–Crippen LogP) is 0.351. The van der Waals surface area contributed by atoms with Gasteiger partial charge in [-0.3, -0.25) is 4.55 Å². The lowest BCUT2D eigenvalue weighted by atomic mass is 10.1. The van der Waals surface area contributed by atoms with Gasteiger partial charge in [0.25, 0.3) is 0 Å². The van der Waals surface area contributed by atoms with E-state index in [1.807, 2.05) is 0 Å². The molecule has 0 bridgehead atoms. The fourth-order valence-corrected chi connectivity index (χ4v) is 2.10. The Balaban J connectivity index is 2.87. The molecule has 0 fully saturated rings. The van der Waals surface area contributed by atoms with E-state index in [1.165, 1.54) is 24.3 Å². The Morgan fingerprint density at radius 3 is 2.29 bits per heavy atom. The van der Waals surface area contributed by atoms with Gasteiger partial charge in [-0.15, -0.1) is 0 Å². The van der Waals surface area contributed by atoms with Crippen molar-refractivity contribution < 1.29 is 25.9 Å². The third-order valence-electron chi connectivity index (χ3n) is 1.92. The number of hydrogen-bond acceptors (Lipinski definition) is 5. The molecule has 0 saturated heterocycles. The van der Waals surface area contributed by atoms with Gasteiger partial charge in [0.15, 0.2) is 11.1 Å². The largest absolute Gasteiger partial charge is 0.399 e. The standard InChI is InChI=1S/C8H11NO6S2/c9-7-3-1-6(2-4-7)8(16(10)11)5-15-17(12,13)14/h1-4,8H,5,9H2,(H,10,11)(H,12,13,14). The van der Waals surface area contributed by atoms with E-state index in [0.717, 1.165) is 0 Å². The van der Waals surface area contributed by atoms with Gasteiger partial charge in [-0.1, -0.05) is 12.1 Å². The van der Waals surface area contributed by atoms with Crippen molar-refractivity contribution in [3.63, 3.8) is 0 Å². The van der Waals surface area contributed by atoms with Crippen LogP contribution < -0.4 is 5.73 Å². The molecule has 1 aromatic carbocycles. The lowest BCUT2D eigenvalue weighted by molar-refractivity contribution is 0.266. The lowest BCUT2D eigenvalue weighted by Crippen LogP contribution is -2.16. The highest BCUT2D eigenvalue weighted by Gasteiger charge is 2.21. The number of anilines is 1. The SMILES string of the molecule is Nc1ccc(C(COS(=O)(=O)O)S(=O)O)cc1. The summed E-state index contributed by atoms with van der Waals surface area (Å²) in [5.74, 6) is 0. The van der Waals surface area contributed by atoms with Crippen LogP contribution >= 0.6 is 0 Å². The van der Waals surface area contributed by atoms with Gasteiger partial charge in [0, 0.05) is 5.69 Å². The first-order valence-electron chi connectivity index (χ1n) is 4.36. The molecule has 0 aliphatic rings. The second-order valence-electron chi connectivity index (χ2n) is 3.14. The molecule has 0 aliphatic carbocycles. The first kappa shape index (κ1) is 14.1. The van der Waals surface area contributed by atoms with Crippen LogP contribution in [0.25, 0.3) is 0 Å². The minimum Gasteiger partial charge on any atom is -0.399 e. The van der Waals surface area contributed by atoms with Gasteiger partial charge in [0.1, 0.15) is 5.25 Å². The highest BCUT2D eigenvalue weighted by Crippen LogP contribution is 2.21. The molecule has 2 unspecified atom stereocenters. The van der Waals surface area contributed by atoms with Crippen LogP contribution in [0.5, 0.6) is 0 Å². The lowest BCUT2D eigenvalue weighted by Gasteiger charge is -2.12. The molecule has 4 N–H and O–H groups in total. The third-order valence-corrected chi connectivity index (χ3v) is 3.25. The summed E-state index contributed by atoms with van der Waals surface area (Å²) in [4.78, 5) is 0. The van der Waals surface area contributed by atoms with E-state index in [2.05, 4.69) is 4.18 Å². The quantitative estimate of drug-likeness (QED) is 0.403. The second kappa shape index (κ2) is 5.56. The molecule has 1 aromatic rings. The number of nitrogens with two attached hydrogens (primary N) is 1. The third kappa shape index (κ3) is 4.79. The van der Waals surface area contributed by atoms with Crippen molar-refractivity contribution in [1.29, 1.82) is 0 Å². The summed E-state index contributed by atoms with van der Waals surface area (Å²) in [7, 11) is -4.64. The smallest absolute Gasteiger partial charge is 0.397 e. The molecule has 2 atom stereocenters. The maximum atomic E-state index is 11.0. The molecular weight excluding hydrogens is 270 g/mol. The van der Waals surface area contributed by atoms with E-state index in [1.54, 1.807) is 0 Å². The van der Waals surface area contributed by atoms with E-state index in [4.69, 9.17) is 14.8 Å². The minimum absolute atomic E-state index is 0.378. The summed E-state index contributed by atoms with van der Waals surface area (Å²) in [6, 6.07) is 5.95. The van der Waals surface area contributed by atoms with E-state index in [-0.39, 0.29) is 0 Å². The number of benzene rings is 1. The second-order valence-corrected chi connectivity index (χ2v) is 5.36. The fourth-order valence-electron chi connectivity index (χ4n) is 1.13. The summed E-state index contributed by atoms with van der Waals surface area (Å²) in [6.07, 6.45) is 0. The van der Waals surface area contributed by atoms with Crippen molar-refractivity contribution in [3.05, 3.63) is 29.8 Å². The molecule has 1 rings (SSSR count). The van der Waals surface area contributed by atoms with Crippen molar-refractivity contribution >= 4 is 27.2 Å². The van der Waals surface area contributed by atoms with Gasteiger partial charge in [0.05, 0.1) is 6.61 Å². The maximum absolute atomic E-state index is 11.0. The molecule has 0 saturated carbocycles. The zero-order valence-electron chi connectivity index (χ0n) is 8.52. The van der Waals surface area contributed by atoms with Gasteiger partial charge < -0.3 is 10.3 Å². The molecule has 0 spiro atoms. The van der Waals surface area contributed by atoms with E-state index in [9.17, 15) is 12.6 Å². The molecule has 0 amide bonds. The Morgan fingerprint density at radius 2 is 1.88 bits per heavy atom. The van der Waals surface area contributed by atoms with Crippen molar-refractivity contribution in [1.82, 2.24) is 0 Å². The predicted molar refractivity (Wildman–Crippen MR) is 61.9 cm³/mol. The van der Waals surface area contributed by atoms with Crippen LogP contribution in [0.2, 0.25) is 0 Å². The highest BCUT2D eigenvalue weighted by atomic mass is 32.3. The van der Waals surface area contributed by atoms with Gasteiger partial charge in [-0.05, 0) is 17.7 Å². The van der Waals surface area contributed by atoms with Crippen LogP contribution in [0.1, 0.15) is 10.8 Å². The van der Waals surface area contributed by atoms with Gasteiger partial charge >= 0.3 is 10.4 Å². The number of nitrogen functional groups attached to an aromatic ring is 1. The van der Waals surface area contributed by atoms with E-state index < -0.39 is 33.3 Å². The maximum Gasteiger partial charge on any atom is 0.397 e. The van der Waals surface area contributed by atoms with Gasteiger partial charge in [0.2, 0.25) is 0 Å². The molecule has 9 heteroatoms. The van der Waals surface area contributed by atoms with Crippen molar-refractivity contribution in [2.24, 2.45) is 0 Å². The van der Waals surface area contributed by atoms with E-state index in [0.29, 0.717) is 11.3 Å². The van der Waals surface area contributed by atoms with Crippen LogP contribution in [0.15, 0.2) is 24.3 Å². The fraction of sp³-hybridized carbons (Fsp3) is 0.250. The van der Waals surface area contributed by atoms with Crippen molar-refractivity contribution in [2.45, 2.75) is 5.25 Å². The Hall–Kier alpha value is -1.00. The first-order valence-corrected chi connectivity index (χ1v) is 6.90. The number of hydrogen-bond donors (Lipinski definition) is 3. The normalized spacial score (nSPS) is 15.4. The first-order chi connectivity index (χ1) is 7.79. The minimum atomic E-state index is -4.64. The topological polar surface area (TPSA) is 127 Å². The Morgan fingerprint density at radius 1 is 1.35 bits per heavy atom. The average molecular weight is 281 g/mol. The summed E-state index contributed by atoms with van der Waals surface area (Å²) in [5, 5.41) is -1.09. The van der Waals surface area contributed by atoms with Crippen LogP contribution in [0.4, 0.5) is 5.69 Å². The zero-order chi connectivity index (χ0) is 13.1. The van der Waals surface area contributed by atoms with Crippen LogP contribution in [0, 0.1) is 0 Å². The molecule has 0 radical (unpaired) electrons. The summed E-state index contributed by atoms with van der Waals surface area (Å²) in [5.41, 5.74) is 6.28. The Labute approximate surface area is 101 Å². The molecule has 17 heavy (non-hydrogen) atoms. The Bertz CT molecular complexity index is 497. The Kier molecular flexibility index (Phi) is 4.60. The average Bonchev–Trinajstić information content (AvgIpc) is 2.18. The molecule has 0 aliphatic heterocycles. The van der Waals surface area contributed by atoms with Crippen molar-refractivity contribution in [2.75, 3.05) is 12.3 Å². The monoisotopic (exact) mass is 281 g/mol. The van der Waals surface area contributed by atoms with Crippen LogP contribution in [-0.4, -0.2) is 28.3 Å². The molecule has 7 nitrogen and oxygen atoms in total.